The Bertz CT molecular complexity index is 583. The van der Waals surface area contributed by atoms with E-state index in [9.17, 15) is 8.42 Å². The average Bonchev–Trinajstić information content (AvgIpc) is 2.38. The van der Waals surface area contributed by atoms with Gasteiger partial charge in [-0.15, -0.1) is 0 Å². The highest BCUT2D eigenvalue weighted by Gasteiger charge is 2.37. The molecule has 0 saturated heterocycles. The number of halogens is 1. The summed E-state index contributed by atoms with van der Waals surface area (Å²) >= 11 is 5.00. The van der Waals surface area contributed by atoms with E-state index < -0.39 is 10.0 Å². The number of thioether (sulfide) groups is 1. The van der Waals surface area contributed by atoms with Crippen LogP contribution in [0.5, 0.6) is 0 Å². The van der Waals surface area contributed by atoms with Crippen LogP contribution in [0.15, 0.2) is 21.6 Å². The highest BCUT2D eigenvalue weighted by molar-refractivity contribution is 9.10. The number of aromatic nitrogens is 1. The first-order chi connectivity index (χ1) is 9.42. The molecule has 0 atom stereocenters. The van der Waals surface area contributed by atoms with E-state index in [0.29, 0.717) is 16.8 Å². The molecule has 1 saturated carbocycles. The van der Waals surface area contributed by atoms with Crippen LogP contribution in [0.1, 0.15) is 19.3 Å². The minimum absolute atomic E-state index is 0.0618. The molecular formula is C12H18BrN3O2S2. The number of hydrogen-bond donors (Lipinski definition) is 2. The van der Waals surface area contributed by atoms with Crippen LogP contribution in [0.4, 0.5) is 5.82 Å². The lowest BCUT2D eigenvalue weighted by Crippen LogP contribution is -2.45. The van der Waals surface area contributed by atoms with Crippen molar-refractivity contribution in [1.29, 1.82) is 0 Å². The molecule has 0 aliphatic heterocycles. The highest BCUT2D eigenvalue weighted by atomic mass is 79.9. The van der Waals surface area contributed by atoms with Gasteiger partial charge in [0.05, 0.1) is 0 Å². The van der Waals surface area contributed by atoms with E-state index >= 15 is 0 Å². The summed E-state index contributed by atoms with van der Waals surface area (Å²) in [5.74, 6) is 0.354. The molecule has 1 aromatic rings. The number of anilines is 1. The van der Waals surface area contributed by atoms with E-state index in [2.05, 4.69) is 31.0 Å². The van der Waals surface area contributed by atoms with Gasteiger partial charge in [0.1, 0.15) is 10.7 Å². The van der Waals surface area contributed by atoms with Crippen LogP contribution in [0, 0.1) is 0 Å². The first-order valence-electron chi connectivity index (χ1n) is 6.30. The van der Waals surface area contributed by atoms with Gasteiger partial charge in [-0.1, -0.05) is 6.42 Å². The lowest BCUT2D eigenvalue weighted by Gasteiger charge is -2.40. The van der Waals surface area contributed by atoms with Crippen molar-refractivity contribution in [3.8, 4) is 0 Å². The minimum Gasteiger partial charge on any atom is -0.372 e. The van der Waals surface area contributed by atoms with Gasteiger partial charge in [-0.3, -0.25) is 0 Å². The van der Waals surface area contributed by atoms with Gasteiger partial charge in [0.2, 0.25) is 10.0 Å². The monoisotopic (exact) mass is 379 g/mol. The molecule has 8 heteroatoms. The van der Waals surface area contributed by atoms with Gasteiger partial charge in [-0.05, 0) is 41.1 Å². The van der Waals surface area contributed by atoms with Gasteiger partial charge >= 0.3 is 0 Å². The molecule has 2 rings (SSSR count). The number of sulfonamides is 1. The van der Waals surface area contributed by atoms with Crippen LogP contribution in [0.2, 0.25) is 0 Å². The number of pyridine rings is 1. The molecule has 0 amide bonds. The summed E-state index contributed by atoms with van der Waals surface area (Å²) in [5, 5.41) is 2.81. The first-order valence-corrected chi connectivity index (χ1v) is 9.81. The smallest absolute Gasteiger partial charge is 0.244 e. The SMILES string of the molecule is CNc1ncc(Br)cc1S(=O)(=O)NCC1(SC)CCC1. The Morgan fingerprint density at radius 2 is 2.20 bits per heavy atom. The zero-order valence-electron chi connectivity index (χ0n) is 11.4. The van der Waals surface area contributed by atoms with Crippen LogP contribution in [0.3, 0.4) is 0 Å². The molecule has 0 aromatic carbocycles. The second-order valence-electron chi connectivity index (χ2n) is 4.82. The van der Waals surface area contributed by atoms with E-state index in [1.807, 2.05) is 6.26 Å². The van der Waals surface area contributed by atoms with Gasteiger partial charge < -0.3 is 5.32 Å². The van der Waals surface area contributed by atoms with E-state index in [-0.39, 0.29) is 9.64 Å². The highest BCUT2D eigenvalue weighted by Crippen LogP contribution is 2.42. The molecule has 1 heterocycles. The van der Waals surface area contributed by atoms with Crippen molar-refractivity contribution in [2.45, 2.75) is 28.9 Å². The van der Waals surface area contributed by atoms with Crippen molar-refractivity contribution in [1.82, 2.24) is 9.71 Å². The summed E-state index contributed by atoms with van der Waals surface area (Å²) in [6, 6.07) is 1.56. The molecule has 1 aromatic heterocycles. The Hall–Kier alpha value is -0.310. The van der Waals surface area contributed by atoms with Crippen LogP contribution < -0.4 is 10.0 Å². The fourth-order valence-electron chi connectivity index (χ4n) is 2.14. The normalized spacial score (nSPS) is 17.6. The summed E-state index contributed by atoms with van der Waals surface area (Å²) < 4.78 is 28.3. The maximum atomic E-state index is 12.4. The summed E-state index contributed by atoms with van der Waals surface area (Å²) in [4.78, 5) is 4.25. The Morgan fingerprint density at radius 1 is 1.50 bits per heavy atom. The largest absolute Gasteiger partial charge is 0.372 e. The second kappa shape index (κ2) is 6.21. The zero-order valence-corrected chi connectivity index (χ0v) is 14.7. The van der Waals surface area contributed by atoms with Crippen molar-refractivity contribution < 1.29 is 8.42 Å². The number of rotatable bonds is 6. The van der Waals surface area contributed by atoms with Crippen LogP contribution in [-0.4, -0.2) is 38.0 Å². The van der Waals surface area contributed by atoms with Crippen molar-refractivity contribution in [2.75, 3.05) is 25.2 Å². The summed E-state index contributed by atoms with van der Waals surface area (Å²) in [7, 11) is -1.91. The number of nitrogens with one attached hydrogen (secondary N) is 2. The van der Waals surface area contributed by atoms with Crippen molar-refractivity contribution in [3.05, 3.63) is 16.7 Å². The van der Waals surface area contributed by atoms with Gasteiger partial charge in [0, 0.05) is 29.0 Å². The molecule has 0 spiro atoms. The molecule has 112 valence electrons. The molecule has 20 heavy (non-hydrogen) atoms. The Morgan fingerprint density at radius 3 is 2.70 bits per heavy atom. The number of nitrogens with zero attached hydrogens (tertiary/aromatic N) is 1. The third-order valence-corrected chi connectivity index (χ3v) is 6.89. The van der Waals surface area contributed by atoms with Gasteiger partial charge in [-0.2, -0.15) is 11.8 Å². The summed E-state index contributed by atoms with van der Waals surface area (Å²) in [5.41, 5.74) is 0. The molecule has 5 nitrogen and oxygen atoms in total. The van der Waals surface area contributed by atoms with Crippen molar-refractivity contribution >= 4 is 43.5 Å². The van der Waals surface area contributed by atoms with Crippen LogP contribution >= 0.6 is 27.7 Å². The van der Waals surface area contributed by atoms with Crippen molar-refractivity contribution in [3.63, 3.8) is 0 Å². The molecule has 0 bridgehead atoms. The maximum Gasteiger partial charge on any atom is 0.244 e. The first kappa shape index (κ1) is 16.1. The number of hydrogen-bond acceptors (Lipinski definition) is 5. The lowest BCUT2D eigenvalue weighted by molar-refractivity contribution is 0.362. The predicted molar refractivity (Wildman–Crippen MR) is 86.8 cm³/mol. The molecule has 1 aliphatic carbocycles. The molecule has 2 N–H and O–H groups in total. The van der Waals surface area contributed by atoms with Crippen LogP contribution in [0.25, 0.3) is 0 Å². The summed E-state index contributed by atoms with van der Waals surface area (Å²) in [6.07, 6.45) is 6.90. The summed E-state index contributed by atoms with van der Waals surface area (Å²) in [6.45, 7) is 0.464. The fraction of sp³-hybridized carbons (Fsp3) is 0.583. The molecule has 0 radical (unpaired) electrons. The topological polar surface area (TPSA) is 71.1 Å². The van der Waals surface area contributed by atoms with Gasteiger partial charge in [-0.25, -0.2) is 18.1 Å². The fourth-order valence-corrected chi connectivity index (χ4v) is 4.94. The predicted octanol–water partition coefficient (Wildman–Crippen LogP) is 2.45. The molecule has 1 aliphatic rings. The average molecular weight is 380 g/mol. The molecular weight excluding hydrogens is 362 g/mol. The third kappa shape index (κ3) is 3.29. The maximum absolute atomic E-state index is 12.4. The second-order valence-corrected chi connectivity index (χ2v) is 8.74. The van der Waals surface area contributed by atoms with E-state index in [1.165, 1.54) is 6.42 Å². The standard InChI is InChI=1S/C12H18BrN3O2S2/c1-14-11-10(6-9(13)7-15-11)20(17,18)16-8-12(19-2)4-3-5-12/h6-7,16H,3-5,8H2,1-2H3,(H,14,15). The van der Waals surface area contributed by atoms with Crippen LogP contribution in [-0.2, 0) is 10.0 Å². The zero-order chi connectivity index (χ0) is 14.8. The lowest BCUT2D eigenvalue weighted by atomic mass is 9.84. The van der Waals surface area contributed by atoms with Gasteiger partial charge in [0.15, 0.2) is 0 Å². The molecule has 0 unspecified atom stereocenters. The molecule has 1 fully saturated rings. The van der Waals surface area contributed by atoms with E-state index in [0.717, 1.165) is 12.8 Å². The Labute approximate surface area is 132 Å². The minimum atomic E-state index is -3.56. The quantitative estimate of drug-likeness (QED) is 0.793. The van der Waals surface area contributed by atoms with Gasteiger partial charge in [0.25, 0.3) is 0 Å². The third-order valence-electron chi connectivity index (χ3n) is 3.63. The Kier molecular flexibility index (Phi) is 4.99. The Balaban J connectivity index is 2.20. The van der Waals surface area contributed by atoms with E-state index in [4.69, 9.17) is 0 Å². The van der Waals surface area contributed by atoms with Crippen molar-refractivity contribution in [2.24, 2.45) is 0 Å². The van der Waals surface area contributed by atoms with E-state index in [1.54, 1.807) is 31.1 Å².